The summed E-state index contributed by atoms with van der Waals surface area (Å²) in [5.41, 5.74) is 1.20. The highest BCUT2D eigenvalue weighted by Gasteiger charge is 2.26. The Kier molecular flexibility index (Phi) is 5.26. The van der Waals surface area contributed by atoms with Gasteiger partial charge in [-0.15, -0.1) is 0 Å². The van der Waals surface area contributed by atoms with Crippen LogP contribution in [0.2, 0.25) is 0 Å². The lowest BCUT2D eigenvalue weighted by Crippen LogP contribution is -2.39. The number of likely N-dealkylation sites (tertiary alicyclic amines) is 1. The number of aryl methyl sites for hydroxylation is 1. The average molecular weight is 409 g/mol. The van der Waals surface area contributed by atoms with E-state index >= 15 is 0 Å². The molecule has 0 aliphatic carbocycles. The van der Waals surface area contributed by atoms with Crippen molar-refractivity contribution in [3.8, 4) is 11.6 Å². The molecule has 0 unspecified atom stereocenters. The molecule has 1 amide bonds. The van der Waals surface area contributed by atoms with E-state index in [0.717, 1.165) is 24.1 Å². The SMILES string of the molecule is Cc1ccccc1-n1c(CC2CCN(C(=O)c3cc(O)[nH]c(=O)c3)CC2)n[nH]c1=O. The first-order valence-electron chi connectivity index (χ1n) is 9.87. The van der Waals surface area contributed by atoms with Crippen molar-refractivity contribution in [3.05, 3.63) is 74.2 Å². The molecule has 9 nitrogen and oxygen atoms in total. The number of aromatic nitrogens is 4. The van der Waals surface area contributed by atoms with Crippen LogP contribution in [0.5, 0.6) is 5.88 Å². The molecular formula is C21H23N5O4. The Morgan fingerprint density at radius 2 is 1.93 bits per heavy atom. The summed E-state index contributed by atoms with van der Waals surface area (Å²) < 4.78 is 1.62. The molecule has 2 aromatic heterocycles. The first-order valence-corrected chi connectivity index (χ1v) is 9.87. The topological polar surface area (TPSA) is 124 Å². The quantitative estimate of drug-likeness (QED) is 0.600. The molecule has 9 heteroatoms. The van der Waals surface area contributed by atoms with E-state index in [1.54, 1.807) is 9.47 Å². The number of H-pyrrole nitrogens is 2. The average Bonchev–Trinajstić information content (AvgIpc) is 3.07. The van der Waals surface area contributed by atoms with Crippen molar-refractivity contribution >= 4 is 5.91 Å². The van der Waals surface area contributed by atoms with Gasteiger partial charge in [0.25, 0.3) is 11.5 Å². The standard InChI is InChI=1S/C21H23N5O4/c1-13-4-2-3-5-16(13)26-17(23-24-21(26)30)10-14-6-8-25(9-7-14)20(29)15-11-18(27)22-19(28)12-15/h2-5,11-12,14H,6-10H2,1H3,(H,24,30)(H2,22,27,28). The molecule has 3 N–H and O–H groups in total. The van der Waals surface area contributed by atoms with Crippen LogP contribution in [0.3, 0.4) is 0 Å². The minimum absolute atomic E-state index is 0.176. The molecule has 3 heterocycles. The number of benzene rings is 1. The Bertz CT molecular complexity index is 1180. The van der Waals surface area contributed by atoms with Gasteiger partial charge in [-0.1, -0.05) is 18.2 Å². The van der Waals surface area contributed by atoms with Crippen LogP contribution in [0.1, 0.15) is 34.6 Å². The fourth-order valence-electron chi connectivity index (χ4n) is 3.96. The minimum Gasteiger partial charge on any atom is -0.494 e. The van der Waals surface area contributed by atoms with Crippen LogP contribution in [-0.4, -0.2) is 48.8 Å². The second-order valence-corrected chi connectivity index (χ2v) is 7.63. The molecule has 0 radical (unpaired) electrons. The second-order valence-electron chi connectivity index (χ2n) is 7.63. The number of pyridine rings is 1. The van der Waals surface area contributed by atoms with E-state index in [2.05, 4.69) is 15.2 Å². The molecule has 0 saturated carbocycles. The summed E-state index contributed by atoms with van der Waals surface area (Å²) in [6, 6.07) is 10.1. The van der Waals surface area contributed by atoms with Crippen LogP contribution in [0.25, 0.3) is 5.69 Å². The summed E-state index contributed by atoms with van der Waals surface area (Å²) >= 11 is 0. The van der Waals surface area contributed by atoms with Crippen LogP contribution in [-0.2, 0) is 6.42 Å². The van der Waals surface area contributed by atoms with Gasteiger partial charge in [-0.3, -0.25) is 14.6 Å². The molecule has 1 aromatic carbocycles. The van der Waals surface area contributed by atoms with Crippen molar-refractivity contribution in [1.29, 1.82) is 0 Å². The number of piperidine rings is 1. The fraction of sp³-hybridized carbons (Fsp3) is 0.333. The smallest absolute Gasteiger partial charge is 0.347 e. The summed E-state index contributed by atoms with van der Waals surface area (Å²) in [4.78, 5) is 40.4. The van der Waals surface area contributed by atoms with Gasteiger partial charge in [0.05, 0.1) is 11.3 Å². The van der Waals surface area contributed by atoms with E-state index in [9.17, 15) is 19.5 Å². The Morgan fingerprint density at radius 3 is 2.63 bits per heavy atom. The summed E-state index contributed by atoms with van der Waals surface area (Å²) in [6.07, 6.45) is 2.15. The first-order chi connectivity index (χ1) is 14.4. The number of aromatic amines is 2. The Balaban J connectivity index is 1.45. The predicted octanol–water partition coefficient (Wildman–Crippen LogP) is 1.36. The second kappa shape index (κ2) is 8.02. The molecule has 30 heavy (non-hydrogen) atoms. The highest BCUT2D eigenvalue weighted by Crippen LogP contribution is 2.23. The van der Waals surface area contributed by atoms with Crippen molar-refractivity contribution in [2.75, 3.05) is 13.1 Å². The Morgan fingerprint density at radius 1 is 1.20 bits per heavy atom. The number of para-hydroxylation sites is 1. The van der Waals surface area contributed by atoms with Crippen LogP contribution in [0, 0.1) is 12.8 Å². The van der Waals surface area contributed by atoms with Crippen molar-refractivity contribution in [1.82, 2.24) is 24.6 Å². The molecular weight excluding hydrogens is 386 g/mol. The largest absolute Gasteiger partial charge is 0.494 e. The molecule has 0 atom stereocenters. The zero-order valence-electron chi connectivity index (χ0n) is 16.6. The number of hydrogen-bond acceptors (Lipinski definition) is 5. The predicted molar refractivity (Wildman–Crippen MR) is 110 cm³/mol. The summed E-state index contributed by atoms with van der Waals surface area (Å²) in [6.45, 7) is 3.03. The summed E-state index contributed by atoms with van der Waals surface area (Å²) in [5, 5.41) is 16.3. The lowest BCUT2D eigenvalue weighted by molar-refractivity contribution is 0.0689. The van der Waals surface area contributed by atoms with Gasteiger partial charge in [-0.2, -0.15) is 5.10 Å². The van der Waals surface area contributed by atoms with E-state index in [1.165, 1.54) is 12.1 Å². The van der Waals surface area contributed by atoms with Gasteiger partial charge in [0, 0.05) is 31.6 Å². The Hall–Kier alpha value is -3.62. The number of carbonyl (C=O) groups is 1. The van der Waals surface area contributed by atoms with Crippen molar-refractivity contribution in [2.24, 2.45) is 5.92 Å². The number of nitrogens with zero attached hydrogens (tertiary/aromatic N) is 3. The van der Waals surface area contributed by atoms with Gasteiger partial charge in [0.1, 0.15) is 5.82 Å². The van der Waals surface area contributed by atoms with Crippen molar-refractivity contribution < 1.29 is 9.90 Å². The van der Waals surface area contributed by atoms with E-state index in [0.29, 0.717) is 25.3 Å². The van der Waals surface area contributed by atoms with Crippen LogP contribution >= 0.6 is 0 Å². The molecule has 1 fully saturated rings. The zero-order valence-corrected chi connectivity index (χ0v) is 16.6. The maximum absolute atomic E-state index is 12.6. The van der Waals surface area contributed by atoms with E-state index in [1.807, 2.05) is 31.2 Å². The number of rotatable bonds is 4. The third-order valence-corrected chi connectivity index (χ3v) is 5.55. The normalized spacial score (nSPS) is 14.8. The number of nitrogens with one attached hydrogen (secondary N) is 2. The van der Waals surface area contributed by atoms with E-state index < -0.39 is 5.56 Å². The third kappa shape index (κ3) is 3.91. The number of hydrogen-bond donors (Lipinski definition) is 3. The van der Waals surface area contributed by atoms with E-state index in [4.69, 9.17) is 0 Å². The van der Waals surface area contributed by atoms with Gasteiger partial charge in [-0.25, -0.2) is 14.5 Å². The third-order valence-electron chi connectivity index (χ3n) is 5.55. The zero-order chi connectivity index (χ0) is 21.3. The number of amides is 1. The molecule has 0 spiro atoms. The maximum atomic E-state index is 12.6. The monoisotopic (exact) mass is 409 g/mol. The molecule has 156 valence electrons. The number of carbonyl (C=O) groups excluding carboxylic acids is 1. The highest BCUT2D eigenvalue weighted by atomic mass is 16.3. The number of aromatic hydroxyl groups is 1. The van der Waals surface area contributed by atoms with Gasteiger partial charge in [-0.05, 0) is 37.3 Å². The minimum atomic E-state index is -0.513. The van der Waals surface area contributed by atoms with Crippen LogP contribution in [0.15, 0.2) is 46.0 Å². The lowest BCUT2D eigenvalue weighted by Gasteiger charge is -2.32. The van der Waals surface area contributed by atoms with Gasteiger partial charge in [0.15, 0.2) is 5.88 Å². The molecule has 4 rings (SSSR count). The van der Waals surface area contributed by atoms with Gasteiger partial charge >= 0.3 is 5.69 Å². The molecule has 1 saturated heterocycles. The van der Waals surface area contributed by atoms with Crippen LogP contribution < -0.4 is 11.2 Å². The van der Waals surface area contributed by atoms with Crippen LogP contribution in [0.4, 0.5) is 0 Å². The summed E-state index contributed by atoms with van der Waals surface area (Å²) in [5.74, 6) is 0.359. The highest BCUT2D eigenvalue weighted by molar-refractivity contribution is 5.94. The molecule has 1 aliphatic rings. The molecule has 1 aliphatic heterocycles. The van der Waals surface area contributed by atoms with Gasteiger partial charge in [0.2, 0.25) is 0 Å². The van der Waals surface area contributed by atoms with Crippen molar-refractivity contribution in [2.45, 2.75) is 26.2 Å². The first kappa shape index (κ1) is 19.7. The fourth-order valence-corrected chi connectivity index (χ4v) is 3.96. The summed E-state index contributed by atoms with van der Waals surface area (Å²) in [7, 11) is 0. The van der Waals surface area contributed by atoms with Gasteiger partial charge < -0.3 is 10.0 Å². The van der Waals surface area contributed by atoms with E-state index in [-0.39, 0.29) is 29.0 Å². The lowest BCUT2D eigenvalue weighted by atomic mass is 9.92. The maximum Gasteiger partial charge on any atom is 0.347 e. The van der Waals surface area contributed by atoms with Crippen molar-refractivity contribution in [3.63, 3.8) is 0 Å². The Labute approximate surface area is 172 Å². The molecule has 0 bridgehead atoms. The molecule has 3 aromatic rings.